The molecule has 2 atom stereocenters. The largest absolute Gasteiger partial charge is 0.480 e. The number of rotatable bonds is 7. The van der Waals surface area contributed by atoms with Crippen LogP contribution in [0.5, 0.6) is 0 Å². The van der Waals surface area contributed by atoms with E-state index in [1.54, 1.807) is 12.1 Å². The highest BCUT2D eigenvalue weighted by Gasteiger charge is 2.33. The van der Waals surface area contributed by atoms with Crippen molar-refractivity contribution in [2.75, 3.05) is 0 Å². The molecular weight excluding hydrogens is 376 g/mol. The van der Waals surface area contributed by atoms with Gasteiger partial charge in [0.2, 0.25) is 5.91 Å². The minimum Gasteiger partial charge on any atom is -0.480 e. The molecule has 9 heteroatoms. The average Bonchev–Trinajstić information content (AvgIpc) is 3.12. The Morgan fingerprint density at radius 2 is 2.00 bits per heavy atom. The lowest BCUT2D eigenvalue weighted by molar-refractivity contribution is -0.384. The van der Waals surface area contributed by atoms with Crippen LogP contribution in [0.3, 0.4) is 0 Å². The molecule has 1 aliphatic heterocycles. The number of aliphatic carboxylic acids is 1. The van der Waals surface area contributed by atoms with Crippen molar-refractivity contribution < 1.29 is 19.6 Å². The SMILES string of the molecule is CC(=O)N1N=C(c2cccc([N+](=O)[O-])c2)C[C@H]1N[C@H](Cc1ccccc1)C(=O)O. The van der Waals surface area contributed by atoms with Gasteiger partial charge in [-0.25, -0.2) is 5.01 Å². The molecule has 0 radical (unpaired) electrons. The maximum Gasteiger partial charge on any atom is 0.321 e. The maximum absolute atomic E-state index is 12.0. The van der Waals surface area contributed by atoms with Crippen molar-refractivity contribution in [3.8, 4) is 0 Å². The fraction of sp³-hybridized carbons (Fsp3) is 0.250. The highest BCUT2D eigenvalue weighted by molar-refractivity contribution is 6.03. The number of nitrogens with zero attached hydrogens (tertiary/aromatic N) is 3. The van der Waals surface area contributed by atoms with Gasteiger partial charge in [-0.3, -0.25) is 25.0 Å². The van der Waals surface area contributed by atoms with Crippen LogP contribution in [0, 0.1) is 10.1 Å². The van der Waals surface area contributed by atoms with Crippen LogP contribution < -0.4 is 5.32 Å². The lowest BCUT2D eigenvalue weighted by atomic mass is 10.0. The summed E-state index contributed by atoms with van der Waals surface area (Å²) in [7, 11) is 0. The number of nitrogens with one attached hydrogen (secondary N) is 1. The van der Waals surface area contributed by atoms with Gasteiger partial charge >= 0.3 is 5.97 Å². The minimum absolute atomic E-state index is 0.0801. The number of carbonyl (C=O) groups is 2. The first kappa shape index (κ1) is 20.2. The first-order valence-electron chi connectivity index (χ1n) is 9.00. The molecule has 0 saturated heterocycles. The second-order valence-corrected chi connectivity index (χ2v) is 6.68. The number of carboxylic acids is 1. The molecule has 0 aliphatic carbocycles. The summed E-state index contributed by atoms with van der Waals surface area (Å²) in [6.45, 7) is 1.33. The lowest BCUT2D eigenvalue weighted by Crippen LogP contribution is -2.51. The molecule has 150 valence electrons. The molecule has 2 N–H and O–H groups in total. The van der Waals surface area contributed by atoms with E-state index in [1.807, 2.05) is 30.3 Å². The summed E-state index contributed by atoms with van der Waals surface area (Å²) in [5.74, 6) is -1.40. The fourth-order valence-corrected chi connectivity index (χ4v) is 3.20. The van der Waals surface area contributed by atoms with Crippen molar-refractivity contribution in [2.24, 2.45) is 5.10 Å². The summed E-state index contributed by atoms with van der Waals surface area (Å²) in [6, 6.07) is 14.2. The predicted octanol–water partition coefficient (Wildman–Crippen LogP) is 2.16. The van der Waals surface area contributed by atoms with Crippen molar-refractivity contribution in [3.05, 3.63) is 75.8 Å². The Morgan fingerprint density at radius 1 is 1.28 bits per heavy atom. The van der Waals surface area contributed by atoms with Gasteiger partial charge in [-0.1, -0.05) is 42.5 Å². The summed E-state index contributed by atoms with van der Waals surface area (Å²) in [5.41, 5.74) is 1.76. The molecule has 9 nitrogen and oxygen atoms in total. The third-order valence-electron chi connectivity index (χ3n) is 4.60. The van der Waals surface area contributed by atoms with Gasteiger partial charge in [0.15, 0.2) is 0 Å². The van der Waals surface area contributed by atoms with E-state index in [2.05, 4.69) is 10.4 Å². The number of hydrogen-bond acceptors (Lipinski definition) is 6. The van der Waals surface area contributed by atoms with Gasteiger partial charge in [0.1, 0.15) is 12.2 Å². The molecule has 0 bridgehead atoms. The van der Waals surface area contributed by atoms with E-state index >= 15 is 0 Å². The molecule has 0 unspecified atom stereocenters. The molecule has 1 heterocycles. The number of benzene rings is 2. The molecule has 2 aromatic carbocycles. The molecule has 0 fully saturated rings. The molecule has 2 aromatic rings. The van der Waals surface area contributed by atoms with E-state index in [1.165, 1.54) is 24.1 Å². The van der Waals surface area contributed by atoms with Crippen LogP contribution in [-0.4, -0.2) is 44.8 Å². The van der Waals surface area contributed by atoms with Crippen LogP contribution in [0.15, 0.2) is 59.7 Å². The van der Waals surface area contributed by atoms with Crippen LogP contribution in [0.1, 0.15) is 24.5 Å². The van der Waals surface area contributed by atoms with Crippen LogP contribution >= 0.6 is 0 Å². The number of non-ortho nitro benzene ring substituents is 1. The zero-order valence-corrected chi connectivity index (χ0v) is 15.7. The third kappa shape index (κ3) is 4.82. The van der Waals surface area contributed by atoms with E-state index < -0.39 is 23.1 Å². The molecule has 3 rings (SSSR count). The second-order valence-electron chi connectivity index (χ2n) is 6.68. The van der Waals surface area contributed by atoms with Crippen molar-refractivity contribution in [1.82, 2.24) is 10.3 Å². The standard InChI is InChI=1S/C20H20N4O5/c1-13(25)23-19(21-18(20(26)27)10-14-6-3-2-4-7-14)12-17(22-23)15-8-5-9-16(11-15)24(28)29/h2-9,11,18-19,21H,10,12H2,1H3,(H,26,27)/t18-,19+/m1/s1. The normalized spacial score (nSPS) is 16.9. The Kier molecular flexibility index (Phi) is 5.99. The van der Waals surface area contributed by atoms with Crippen molar-refractivity contribution >= 4 is 23.3 Å². The molecule has 1 aliphatic rings. The third-order valence-corrected chi connectivity index (χ3v) is 4.60. The van der Waals surface area contributed by atoms with Gasteiger partial charge in [0.25, 0.3) is 5.69 Å². The minimum atomic E-state index is -1.04. The molecule has 0 spiro atoms. The zero-order valence-electron chi connectivity index (χ0n) is 15.7. The number of nitro benzene ring substituents is 1. The first-order chi connectivity index (χ1) is 13.8. The Labute approximate surface area is 166 Å². The van der Waals surface area contributed by atoms with Crippen molar-refractivity contribution in [2.45, 2.75) is 32.0 Å². The van der Waals surface area contributed by atoms with E-state index in [0.29, 0.717) is 11.3 Å². The number of amides is 1. The molecule has 0 saturated carbocycles. The quantitative estimate of drug-likeness (QED) is 0.546. The molecule has 1 amide bonds. The van der Waals surface area contributed by atoms with Crippen LogP contribution in [0.4, 0.5) is 5.69 Å². The van der Waals surface area contributed by atoms with E-state index in [-0.39, 0.29) is 24.4 Å². The predicted molar refractivity (Wildman–Crippen MR) is 105 cm³/mol. The number of hydrazone groups is 1. The summed E-state index contributed by atoms with van der Waals surface area (Å²) in [6.07, 6.45) is -0.185. The van der Waals surface area contributed by atoms with Crippen molar-refractivity contribution in [1.29, 1.82) is 0 Å². The van der Waals surface area contributed by atoms with Gasteiger partial charge in [0.05, 0.1) is 10.6 Å². The monoisotopic (exact) mass is 396 g/mol. The summed E-state index contributed by atoms with van der Waals surface area (Å²) >= 11 is 0. The second kappa shape index (κ2) is 8.61. The Hall–Kier alpha value is -3.59. The highest BCUT2D eigenvalue weighted by Crippen LogP contribution is 2.22. The van der Waals surface area contributed by atoms with Crippen LogP contribution in [0.2, 0.25) is 0 Å². The maximum atomic E-state index is 12.0. The van der Waals surface area contributed by atoms with Gasteiger partial charge in [0, 0.05) is 31.0 Å². The van der Waals surface area contributed by atoms with E-state index in [9.17, 15) is 24.8 Å². The lowest BCUT2D eigenvalue weighted by Gasteiger charge is -2.25. The smallest absolute Gasteiger partial charge is 0.321 e. The van der Waals surface area contributed by atoms with E-state index in [0.717, 1.165) is 5.56 Å². The van der Waals surface area contributed by atoms with Gasteiger partial charge < -0.3 is 5.11 Å². The average molecular weight is 396 g/mol. The Balaban J connectivity index is 1.80. The van der Waals surface area contributed by atoms with Gasteiger partial charge in [-0.05, 0) is 12.0 Å². The number of carboxylic acid groups (broad SMARTS) is 1. The molecular formula is C20H20N4O5. The Morgan fingerprint density at radius 3 is 2.62 bits per heavy atom. The van der Waals surface area contributed by atoms with Gasteiger partial charge in [-0.15, -0.1) is 0 Å². The number of hydrogen-bond donors (Lipinski definition) is 2. The molecule has 29 heavy (non-hydrogen) atoms. The summed E-state index contributed by atoms with van der Waals surface area (Å²) in [4.78, 5) is 34.3. The first-order valence-corrected chi connectivity index (χ1v) is 9.00. The van der Waals surface area contributed by atoms with Crippen molar-refractivity contribution in [3.63, 3.8) is 0 Å². The molecule has 0 aromatic heterocycles. The topological polar surface area (TPSA) is 125 Å². The fourth-order valence-electron chi connectivity index (χ4n) is 3.20. The number of carbonyl (C=O) groups excluding carboxylic acids is 1. The zero-order chi connectivity index (χ0) is 21.0. The van der Waals surface area contributed by atoms with Gasteiger partial charge in [-0.2, -0.15) is 5.10 Å². The summed E-state index contributed by atoms with van der Waals surface area (Å²) < 4.78 is 0. The van der Waals surface area contributed by atoms with Crippen LogP contribution in [0.25, 0.3) is 0 Å². The highest BCUT2D eigenvalue weighted by atomic mass is 16.6. The number of nitro groups is 1. The van der Waals surface area contributed by atoms with Crippen LogP contribution in [-0.2, 0) is 16.0 Å². The Bertz CT molecular complexity index is 960. The summed E-state index contributed by atoms with van der Waals surface area (Å²) in [5, 5.41) is 29.1. The van der Waals surface area contributed by atoms with E-state index in [4.69, 9.17) is 0 Å².